The molecule has 1 aromatic rings. The number of benzene rings is 1. The van der Waals surface area contributed by atoms with E-state index < -0.39 is 5.97 Å². The fourth-order valence-corrected chi connectivity index (χ4v) is 1.59. The Morgan fingerprint density at radius 3 is 3.00 bits per heavy atom. The molecule has 0 radical (unpaired) electrons. The second-order valence-corrected chi connectivity index (χ2v) is 3.26. The molecule has 14 heavy (non-hydrogen) atoms. The minimum Gasteiger partial charge on any atom is -0.487 e. The zero-order valence-electron chi connectivity index (χ0n) is 7.16. The quantitative estimate of drug-likeness (QED) is 0.775. The van der Waals surface area contributed by atoms with E-state index in [0.29, 0.717) is 22.9 Å². The first-order valence-corrected chi connectivity index (χ1v) is 4.43. The number of fused-ring (bicyclic) bond motifs is 1. The molecule has 0 fully saturated rings. The van der Waals surface area contributed by atoms with Gasteiger partial charge < -0.3 is 9.84 Å². The van der Waals surface area contributed by atoms with Crippen molar-refractivity contribution in [2.24, 2.45) is 0 Å². The molecule has 0 saturated heterocycles. The largest absolute Gasteiger partial charge is 0.487 e. The summed E-state index contributed by atoms with van der Waals surface area (Å²) in [7, 11) is 0. The third kappa shape index (κ3) is 1.36. The van der Waals surface area contributed by atoms with E-state index >= 15 is 0 Å². The molecular formula is C10H7ClO3. The minimum atomic E-state index is -0.979. The number of hydrogen-bond acceptors (Lipinski definition) is 2. The summed E-state index contributed by atoms with van der Waals surface area (Å²) in [5.41, 5.74) is 0.747. The van der Waals surface area contributed by atoms with Gasteiger partial charge in [-0.1, -0.05) is 17.7 Å². The van der Waals surface area contributed by atoms with E-state index in [1.807, 2.05) is 0 Å². The van der Waals surface area contributed by atoms with Gasteiger partial charge in [0.1, 0.15) is 12.4 Å². The van der Waals surface area contributed by atoms with E-state index in [0.717, 1.165) is 0 Å². The number of aromatic carboxylic acids is 1. The Kier molecular flexibility index (Phi) is 2.17. The first-order valence-electron chi connectivity index (χ1n) is 4.05. The highest BCUT2D eigenvalue weighted by molar-refractivity contribution is 6.32. The zero-order valence-corrected chi connectivity index (χ0v) is 7.91. The topological polar surface area (TPSA) is 46.5 Å². The van der Waals surface area contributed by atoms with Crippen molar-refractivity contribution in [3.8, 4) is 5.75 Å². The highest BCUT2D eigenvalue weighted by atomic mass is 35.5. The van der Waals surface area contributed by atoms with Crippen LogP contribution in [0.4, 0.5) is 0 Å². The molecule has 1 aromatic carbocycles. The van der Waals surface area contributed by atoms with Crippen molar-refractivity contribution < 1.29 is 14.6 Å². The van der Waals surface area contributed by atoms with Crippen LogP contribution in [0.25, 0.3) is 6.08 Å². The Hall–Kier alpha value is -1.48. The van der Waals surface area contributed by atoms with Gasteiger partial charge in [-0.2, -0.15) is 0 Å². The number of carboxylic acid groups (broad SMARTS) is 1. The molecule has 1 aliphatic heterocycles. The number of carboxylic acids is 1. The lowest BCUT2D eigenvalue weighted by molar-refractivity contribution is 0.0696. The lowest BCUT2D eigenvalue weighted by atomic mass is 10.0. The van der Waals surface area contributed by atoms with Crippen LogP contribution >= 0.6 is 11.6 Å². The third-order valence-corrected chi connectivity index (χ3v) is 2.28. The van der Waals surface area contributed by atoms with E-state index in [-0.39, 0.29) is 5.56 Å². The van der Waals surface area contributed by atoms with Gasteiger partial charge >= 0.3 is 5.97 Å². The van der Waals surface area contributed by atoms with Gasteiger partial charge in [-0.3, -0.25) is 0 Å². The average Bonchev–Trinajstić information content (AvgIpc) is 2.18. The third-order valence-electron chi connectivity index (χ3n) is 1.99. The maximum Gasteiger partial charge on any atom is 0.336 e. The number of ether oxygens (including phenoxy) is 1. The van der Waals surface area contributed by atoms with Gasteiger partial charge in [-0.25, -0.2) is 4.79 Å². The Bertz CT molecular complexity index is 424. The summed E-state index contributed by atoms with van der Waals surface area (Å²) in [6.07, 6.45) is 3.47. The normalized spacial score (nSPS) is 13.2. The first-order chi connectivity index (χ1) is 6.70. The molecule has 1 aliphatic rings. The second-order valence-electron chi connectivity index (χ2n) is 2.86. The summed E-state index contributed by atoms with van der Waals surface area (Å²) in [6.45, 7) is 0.426. The number of carbonyl (C=O) groups is 1. The Morgan fingerprint density at radius 2 is 2.29 bits per heavy atom. The van der Waals surface area contributed by atoms with Gasteiger partial charge in [0.15, 0.2) is 0 Å². The molecule has 0 atom stereocenters. The van der Waals surface area contributed by atoms with Gasteiger partial charge in [0.25, 0.3) is 0 Å². The van der Waals surface area contributed by atoms with Crippen LogP contribution in [-0.2, 0) is 0 Å². The van der Waals surface area contributed by atoms with Crippen LogP contribution in [-0.4, -0.2) is 17.7 Å². The highest BCUT2D eigenvalue weighted by Crippen LogP contribution is 2.34. The van der Waals surface area contributed by atoms with Crippen LogP contribution in [0.3, 0.4) is 0 Å². The monoisotopic (exact) mass is 210 g/mol. The van der Waals surface area contributed by atoms with Crippen molar-refractivity contribution in [2.75, 3.05) is 6.61 Å². The molecule has 2 rings (SSSR count). The Labute approximate surface area is 85.6 Å². The summed E-state index contributed by atoms with van der Waals surface area (Å²) in [5.74, 6) is -0.526. The molecule has 0 aliphatic carbocycles. The summed E-state index contributed by atoms with van der Waals surface area (Å²) in [4.78, 5) is 10.9. The zero-order chi connectivity index (χ0) is 10.1. The standard InChI is InChI=1S/C10H7ClO3/c11-8-4-3-7(10(12)13)6-2-1-5-14-9(6)8/h1-4H,5H2,(H,12,13). The number of halogens is 1. The van der Waals surface area contributed by atoms with Crippen molar-refractivity contribution in [3.05, 3.63) is 34.4 Å². The molecule has 0 saturated carbocycles. The summed E-state index contributed by atoms with van der Waals surface area (Å²) >= 11 is 5.87. The fourth-order valence-electron chi connectivity index (χ4n) is 1.37. The van der Waals surface area contributed by atoms with Crippen LogP contribution in [0, 0.1) is 0 Å². The Morgan fingerprint density at radius 1 is 1.50 bits per heavy atom. The van der Waals surface area contributed by atoms with Crippen LogP contribution < -0.4 is 4.74 Å². The molecule has 72 valence electrons. The van der Waals surface area contributed by atoms with Gasteiger partial charge in [0.2, 0.25) is 0 Å². The van der Waals surface area contributed by atoms with Crippen molar-refractivity contribution in [2.45, 2.75) is 0 Å². The molecule has 1 heterocycles. The summed E-state index contributed by atoms with van der Waals surface area (Å²) in [6, 6.07) is 3.01. The van der Waals surface area contributed by atoms with Crippen molar-refractivity contribution in [1.82, 2.24) is 0 Å². The van der Waals surface area contributed by atoms with Crippen molar-refractivity contribution >= 4 is 23.6 Å². The van der Waals surface area contributed by atoms with Crippen molar-refractivity contribution in [1.29, 1.82) is 0 Å². The maximum absolute atomic E-state index is 10.9. The fraction of sp³-hybridized carbons (Fsp3) is 0.100. The van der Waals surface area contributed by atoms with Gasteiger partial charge in [-0.15, -0.1) is 0 Å². The number of hydrogen-bond donors (Lipinski definition) is 1. The lowest BCUT2D eigenvalue weighted by Crippen LogP contribution is -2.07. The van der Waals surface area contributed by atoms with Gasteiger partial charge in [0.05, 0.1) is 10.6 Å². The molecule has 1 N–H and O–H groups in total. The molecule has 0 aromatic heterocycles. The number of rotatable bonds is 1. The molecule has 4 heteroatoms. The van der Waals surface area contributed by atoms with Crippen LogP contribution in [0.5, 0.6) is 5.75 Å². The lowest BCUT2D eigenvalue weighted by Gasteiger charge is -2.15. The van der Waals surface area contributed by atoms with Crippen LogP contribution in [0.1, 0.15) is 15.9 Å². The van der Waals surface area contributed by atoms with E-state index in [1.54, 1.807) is 12.2 Å². The second kappa shape index (κ2) is 3.35. The van der Waals surface area contributed by atoms with E-state index in [9.17, 15) is 4.79 Å². The molecule has 0 unspecified atom stereocenters. The molecule has 0 amide bonds. The predicted molar refractivity (Wildman–Crippen MR) is 52.9 cm³/mol. The smallest absolute Gasteiger partial charge is 0.336 e. The molecule has 0 bridgehead atoms. The van der Waals surface area contributed by atoms with Crippen molar-refractivity contribution in [3.63, 3.8) is 0 Å². The maximum atomic E-state index is 10.9. The van der Waals surface area contributed by atoms with E-state index in [4.69, 9.17) is 21.4 Å². The van der Waals surface area contributed by atoms with Crippen LogP contribution in [0.15, 0.2) is 18.2 Å². The predicted octanol–water partition coefficient (Wildman–Crippen LogP) is 2.44. The molecular weight excluding hydrogens is 204 g/mol. The summed E-state index contributed by atoms with van der Waals surface area (Å²) in [5, 5.41) is 9.34. The molecule has 0 spiro atoms. The van der Waals surface area contributed by atoms with Crippen LogP contribution in [0.2, 0.25) is 5.02 Å². The highest BCUT2D eigenvalue weighted by Gasteiger charge is 2.17. The summed E-state index contributed by atoms with van der Waals surface area (Å²) < 4.78 is 5.26. The van der Waals surface area contributed by atoms with Gasteiger partial charge in [0, 0.05) is 5.56 Å². The first kappa shape index (κ1) is 9.09. The van der Waals surface area contributed by atoms with E-state index in [1.165, 1.54) is 12.1 Å². The van der Waals surface area contributed by atoms with E-state index in [2.05, 4.69) is 0 Å². The average molecular weight is 211 g/mol. The van der Waals surface area contributed by atoms with Gasteiger partial charge in [-0.05, 0) is 18.2 Å². The SMILES string of the molecule is O=C(O)c1ccc(Cl)c2c1C=CCO2. The minimum absolute atomic E-state index is 0.209. The molecule has 3 nitrogen and oxygen atoms in total. The Balaban J connectivity index is 2.67.